The fourth-order valence-electron chi connectivity index (χ4n) is 1.56. The van der Waals surface area contributed by atoms with Crippen LogP contribution in [0, 0.1) is 0 Å². The predicted molar refractivity (Wildman–Crippen MR) is 65.4 cm³/mol. The summed E-state index contributed by atoms with van der Waals surface area (Å²) in [7, 11) is -3.20. The molecular weight excluding hydrogens is 224 g/mol. The number of sulfone groups is 1. The van der Waals surface area contributed by atoms with Crippen molar-refractivity contribution >= 4 is 9.84 Å². The molecule has 0 amide bonds. The Morgan fingerprint density at radius 3 is 2.12 bits per heavy atom. The second-order valence-corrected chi connectivity index (χ2v) is 6.98. The first kappa shape index (κ1) is 13.2. The molecule has 1 aromatic rings. The van der Waals surface area contributed by atoms with Crippen LogP contribution in [-0.2, 0) is 9.84 Å². The topological polar surface area (TPSA) is 72.2 Å². The second-order valence-electron chi connectivity index (χ2n) is 4.39. The van der Waals surface area contributed by atoms with Crippen molar-refractivity contribution in [3.63, 3.8) is 0 Å². The summed E-state index contributed by atoms with van der Waals surface area (Å²) in [4.78, 5) is 0. The minimum absolute atomic E-state index is 0.427. The van der Waals surface area contributed by atoms with E-state index in [1.165, 1.54) is 6.26 Å². The molecule has 0 aliphatic heterocycles. The van der Waals surface area contributed by atoms with Crippen molar-refractivity contribution in [2.75, 3.05) is 6.26 Å². The molecule has 1 rings (SSSR count). The van der Waals surface area contributed by atoms with Gasteiger partial charge in [-0.05, 0) is 19.4 Å². The van der Waals surface area contributed by atoms with Gasteiger partial charge in [0.15, 0.2) is 9.84 Å². The summed E-state index contributed by atoms with van der Waals surface area (Å²) in [5.74, 6) is 5.47. The van der Waals surface area contributed by atoms with Crippen molar-refractivity contribution in [1.82, 2.24) is 5.43 Å². The molecule has 0 spiro atoms. The van der Waals surface area contributed by atoms with Gasteiger partial charge < -0.3 is 0 Å². The summed E-state index contributed by atoms with van der Waals surface area (Å²) in [5, 5.41) is 0. The van der Waals surface area contributed by atoms with Gasteiger partial charge >= 0.3 is 0 Å². The molecule has 3 N–H and O–H groups in total. The van der Waals surface area contributed by atoms with Gasteiger partial charge in [0.25, 0.3) is 0 Å². The summed E-state index contributed by atoms with van der Waals surface area (Å²) in [5.41, 5.74) is 3.45. The molecule has 90 valence electrons. The van der Waals surface area contributed by atoms with Crippen LogP contribution in [-0.4, -0.2) is 19.4 Å². The first-order valence-electron chi connectivity index (χ1n) is 5.01. The lowest BCUT2D eigenvalue weighted by Gasteiger charge is -2.32. The van der Waals surface area contributed by atoms with Crippen LogP contribution < -0.4 is 11.3 Å². The molecule has 0 saturated heterocycles. The number of hydrazine groups is 1. The van der Waals surface area contributed by atoms with Crippen molar-refractivity contribution in [2.24, 2.45) is 5.84 Å². The molecule has 16 heavy (non-hydrogen) atoms. The highest BCUT2D eigenvalue weighted by Crippen LogP contribution is 2.31. The fourth-order valence-corrected chi connectivity index (χ4v) is 2.19. The highest BCUT2D eigenvalue weighted by molar-refractivity contribution is 7.92. The van der Waals surface area contributed by atoms with Gasteiger partial charge in [-0.2, -0.15) is 0 Å². The molecule has 1 aromatic carbocycles. The van der Waals surface area contributed by atoms with Gasteiger partial charge in [0.1, 0.15) is 0 Å². The van der Waals surface area contributed by atoms with E-state index in [2.05, 4.69) is 5.43 Å². The average Bonchev–Trinajstić information content (AvgIpc) is 2.18. The smallest absolute Gasteiger partial charge is 0.154 e. The van der Waals surface area contributed by atoms with Crippen LogP contribution in [0.25, 0.3) is 0 Å². The zero-order chi connectivity index (χ0) is 12.4. The molecular formula is C11H18N2O2S. The maximum Gasteiger partial charge on any atom is 0.154 e. The normalized spacial score (nSPS) is 14.8. The van der Waals surface area contributed by atoms with Gasteiger partial charge in [0.05, 0.1) is 10.8 Å². The minimum Gasteiger partial charge on any atom is -0.271 e. The molecule has 5 heteroatoms. The molecule has 0 aliphatic rings. The van der Waals surface area contributed by atoms with E-state index in [0.29, 0.717) is 0 Å². The molecule has 0 aliphatic carbocycles. The lowest BCUT2D eigenvalue weighted by atomic mass is 9.96. The standard InChI is InChI=1S/C11H18N2O2S/c1-11(2,16(3,14)15)10(13-12)9-7-5-4-6-8-9/h4-8,10,13H,12H2,1-3H3. The number of hydrogen-bond donors (Lipinski definition) is 2. The van der Waals surface area contributed by atoms with Crippen LogP contribution in [0.2, 0.25) is 0 Å². The van der Waals surface area contributed by atoms with E-state index in [9.17, 15) is 8.42 Å². The first-order chi connectivity index (χ1) is 7.30. The maximum atomic E-state index is 11.7. The maximum absolute atomic E-state index is 11.7. The molecule has 0 heterocycles. The van der Waals surface area contributed by atoms with Crippen LogP contribution in [0.15, 0.2) is 30.3 Å². The van der Waals surface area contributed by atoms with Crippen LogP contribution in [0.1, 0.15) is 25.5 Å². The van der Waals surface area contributed by atoms with E-state index in [-0.39, 0.29) is 0 Å². The van der Waals surface area contributed by atoms with Gasteiger partial charge in [-0.3, -0.25) is 11.3 Å². The van der Waals surface area contributed by atoms with E-state index in [1.54, 1.807) is 13.8 Å². The Labute approximate surface area is 96.7 Å². The largest absolute Gasteiger partial charge is 0.271 e. The van der Waals surface area contributed by atoms with Crippen molar-refractivity contribution in [2.45, 2.75) is 24.6 Å². The first-order valence-corrected chi connectivity index (χ1v) is 6.90. The predicted octanol–water partition coefficient (Wildman–Crippen LogP) is 1.01. The van der Waals surface area contributed by atoms with E-state index < -0.39 is 20.6 Å². The summed E-state index contributed by atoms with van der Waals surface area (Å²) < 4.78 is 22.5. The third kappa shape index (κ3) is 2.42. The van der Waals surface area contributed by atoms with Gasteiger partial charge in [-0.1, -0.05) is 30.3 Å². The number of rotatable bonds is 4. The number of nitrogens with two attached hydrogens (primary N) is 1. The second kappa shape index (κ2) is 4.53. The van der Waals surface area contributed by atoms with Crippen molar-refractivity contribution < 1.29 is 8.42 Å². The zero-order valence-electron chi connectivity index (χ0n) is 9.77. The molecule has 0 bridgehead atoms. The van der Waals surface area contributed by atoms with Crippen molar-refractivity contribution in [1.29, 1.82) is 0 Å². The van der Waals surface area contributed by atoms with E-state index >= 15 is 0 Å². The number of nitrogens with one attached hydrogen (secondary N) is 1. The Morgan fingerprint density at radius 2 is 1.75 bits per heavy atom. The van der Waals surface area contributed by atoms with Crippen LogP contribution >= 0.6 is 0 Å². The molecule has 0 radical (unpaired) electrons. The van der Waals surface area contributed by atoms with Crippen LogP contribution in [0.4, 0.5) is 0 Å². The summed E-state index contributed by atoms with van der Waals surface area (Å²) in [6, 6.07) is 8.89. The highest BCUT2D eigenvalue weighted by Gasteiger charge is 2.39. The van der Waals surface area contributed by atoms with Gasteiger partial charge in [-0.25, -0.2) is 8.42 Å². The Balaban J connectivity index is 3.19. The zero-order valence-corrected chi connectivity index (χ0v) is 10.6. The summed E-state index contributed by atoms with van der Waals surface area (Å²) in [6.45, 7) is 3.33. The lowest BCUT2D eigenvalue weighted by molar-refractivity contribution is 0.427. The Bertz CT molecular complexity index is 440. The third-order valence-electron chi connectivity index (χ3n) is 2.95. The Hall–Kier alpha value is -0.910. The molecule has 1 unspecified atom stereocenters. The summed E-state index contributed by atoms with van der Waals surface area (Å²) >= 11 is 0. The number of hydrogen-bond acceptors (Lipinski definition) is 4. The quantitative estimate of drug-likeness (QED) is 0.610. The van der Waals surface area contributed by atoms with Gasteiger partial charge in [0, 0.05) is 6.26 Å². The van der Waals surface area contributed by atoms with Crippen molar-refractivity contribution in [3.8, 4) is 0 Å². The molecule has 1 atom stereocenters. The average molecular weight is 242 g/mol. The van der Waals surface area contributed by atoms with Crippen LogP contribution in [0.5, 0.6) is 0 Å². The SMILES string of the molecule is CC(C)(C(NN)c1ccccc1)S(C)(=O)=O. The monoisotopic (exact) mass is 242 g/mol. The molecule has 4 nitrogen and oxygen atoms in total. The van der Waals surface area contributed by atoms with E-state index in [1.807, 2.05) is 30.3 Å². The molecule has 0 fully saturated rings. The molecule has 0 aromatic heterocycles. The van der Waals surface area contributed by atoms with E-state index in [0.717, 1.165) is 5.56 Å². The fraction of sp³-hybridized carbons (Fsp3) is 0.455. The van der Waals surface area contributed by atoms with Crippen LogP contribution in [0.3, 0.4) is 0 Å². The number of benzene rings is 1. The lowest BCUT2D eigenvalue weighted by Crippen LogP contribution is -2.47. The van der Waals surface area contributed by atoms with Gasteiger partial charge in [-0.15, -0.1) is 0 Å². The Morgan fingerprint density at radius 1 is 1.25 bits per heavy atom. The highest BCUT2D eigenvalue weighted by atomic mass is 32.2. The third-order valence-corrected chi connectivity index (χ3v) is 5.10. The van der Waals surface area contributed by atoms with Gasteiger partial charge in [0.2, 0.25) is 0 Å². The summed E-state index contributed by atoms with van der Waals surface area (Å²) in [6.07, 6.45) is 1.22. The van der Waals surface area contributed by atoms with E-state index in [4.69, 9.17) is 5.84 Å². The minimum atomic E-state index is -3.20. The van der Waals surface area contributed by atoms with Crippen molar-refractivity contribution in [3.05, 3.63) is 35.9 Å². The Kier molecular flexibility index (Phi) is 3.72. The molecule has 0 saturated carbocycles.